The van der Waals surface area contributed by atoms with Gasteiger partial charge in [0.2, 0.25) is 0 Å². The molecule has 0 spiro atoms. The molecule has 0 saturated carbocycles. The molecule has 1 aliphatic heterocycles. The highest BCUT2D eigenvalue weighted by Crippen LogP contribution is 2.36. The number of ether oxygens (including phenoxy) is 1. The average molecular weight is 404 g/mol. The van der Waals surface area contributed by atoms with Gasteiger partial charge in [0.1, 0.15) is 4.83 Å². The van der Waals surface area contributed by atoms with Crippen molar-refractivity contribution in [1.29, 1.82) is 0 Å². The topological polar surface area (TPSA) is 47.4 Å². The molecule has 4 rings (SSSR count). The summed E-state index contributed by atoms with van der Waals surface area (Å²) in [5.74, 6) is 0.869. The van der Waals surface area contributed by atoms with Crippen molar-refractivity contribution >= 4 is 21.6 Å². The molecule has 0 N–H and O–H groups in total. The molecule has 2 aromatic heterocycles. The Bertz CT molecular complexity index is 865. The molecule has 1 atom stereocenters. The van der Waals surface area contributed by atoms with Gasteiger partial charge in [0.15, 0.2) is 0 Å². The highest BCUT2D eigenvalue weighted by molar-refractivity contribution is 7.18. The van der Waals surface area contributed by atoms with E-state index in [9.17, 15) is 4.79 Å². The Hall–Kier alpha value is -1.24. The van der Waals surface area contributed by atoms with Crippen molar-refractivity contribution in [3.05, 3.63) is 27.1 Å². The molecule has 28 heavy (non-hydrogen) atoms. The van der Waals surface area contributed by atoms with E-state index in [0.717, 1.165) is 35.4 Å². The number of aromatic nitrogens is 2. The van der Waals surface area contributed by atoms with Gasteiger partial charge >= 0.3 is 0 Å². The van der Waals surface area contributed by atoms with Crippen LogP contribution in [0.25, 0.3) is 10.2 Å². The molecule has 0 aromatic carbocycles. The first-order chi connectivity index (χ1) is 13.5. The number of hydrogen-bond donors (Lipinski definition) is 0. The van der Waals surface area contributed by atoms with Crippen molar-refractivity contribution < 1.29 is 4.74 Å². The van der Waals surface area contributed by atoms with E-state index in [1.165, 1.54) is 42.8 Å². The van der Waals surface area contributed by atoms with E-state index in [-0.39, 0.29) is 11.7 Å². The van der Waals surface area contributed by atoms with Crippen LogP contribution in [0.15, 0.2) is 11.1 Å². The molecule has 0 bridgehead atoms. The molecular weight excluding hydrogens is 370 g/mol. The second-order valence-corrected chi connectivity index (χ2v) is 9.90. The van der Waals surface area contributed by atoms with Gasteiger partial charge in [-0.25, -0.2) is 4.98 Å². The molecule has 154 valence electrons. The van der Waals surface area contributed by atoms with Crippen LogP contribution in [0, 0.1) is 5.92 Å². The number of likely N-dealkylation sites (tertiary alicyclic amines) is 1. The summed E-state index contributed by atoms with van der Waals surface area (Å²) in [4.78, 5) is 22.7. The molecule has 2 aromatic rings. The van der Waals surface area contributed by atoms with Crippen LogP contribution in [0.4, 0.5) is 0 Å². The lowest BCUT2D eigenvalue weighted by molar-refractivity contribution is 0.0747. The normalized spacial score (nSPS) is 21.5. The van der Waals surface area contributed by atoms with Gasteiger partial charge < -0.3 is 4.74 Å². The van der Waals surface area contributed by atoms with Crippen LogP contribution in [-0.2, 0) is 24.1 Å². The Morgan fingerprint density at radius 2 is 2.07 bits per heavy atom. The van der Waals surface area contributed by atoms with Crippen LogP contribution in [0.5, 0.6) is 0 Å². The first-order valence-electron chi connectivity index (χ1n) is 10.9. The molecule has 2 aliphatic rings. The van der Waals surface area contributed by atoms with Crippen LogP contribution in [0.2, 0.25) is 0 Å². The van der Waals surface area contributed by atoms with Gasteiger partial charge in [-0.15, -0.1) is 11.3 Å². The Kier molecular flexibility index (Phi) is 6.18. The van der Waals surface area contributed by atoms with Crippen molar-refractivity contribution in [3.8, 4) is 0 Å². The summed E-state index contributed by atoms with van der Waals surface area (Å²) in [6.45, 7) is 10.3. The standard InChI is InChI=1S/C22H33N3O2S/c1-15(2)27-12-4-9-25-14-23-21-20(22(25)26)18-6-5-17(13-19(18)28-21)24-10-7-16(3)8-11-24/h14-17H,4-13H2,1-3H3. The van der Waals surface area contributed by atoms with Crippen LogP contribution < -0.4 is 5.56 Å². The third-order valence-corrected chi connectivity index (χ3v) is 7.50. The largest absolute Gasteiger partial charge is 0.379 e. The maximum absolute atomic E-state index is 13.1. The van der Waals surface area contributed by atoms with E-state index in [1.807, 2.05) is 13.8 Å². The Morgan fingerprint density at radius 3 is 2.82 bits per heavy atom. The van der Waals surface area contributed by atoms with E-state index >= 15 is 0 Å². The highest BCUT2D eigenvalue weighted by Gasteiger charge is 2.30. The summed E-state index contributed by atoms with van der Waals surface area (Å²) < 4.78 is 7.38. The van der Waals surface area contributed by atoms with E-state index < -0.39 is 0 Å². The number of nitrogens with zero attached hydrogens (tertiary/aromatic N) is 3. The number of aryl methyl sites for hydroxylation is 2. The molecule has 1 saturated heterocycles. The van der Waals surface area contributed by atoms with Crippen molar-refractivity contribution in [2.45, 2.75) is 78.0 Å². The lowest BCUT2D eigenvalue weighted by Gasteiger charge is -2.38. The smallest absolute Gasteiger partial charge is 0.262 e. The summed E-state index contributed by atoms with van der Waals surface area (Å²) in [5, 5.41) is 0.887. The fraction of sp³-hybridized carbons (Fsp3) is 0.727. The maximum Gasteiger partial charge on any atom is 0.262 e. The van der Waals surface area contributed by atoms with E-state index in [2.05, 4.69) is 16.8 Å². The minimum atomic E-state index is 0.136. The third-order valence-electron chi connectivity index (χ3n) is 6.34. The number of fused-ring (bicyclic) bond motifs is 3. The molecule has 1 fully saturated rings. The van der Waals surface area contributed by atoms with Crippen LogP contribution >= 0.6 is 11.3 Å². The number of piperidine rings is 1. The number of rotatable bonds is 6. The lowest BCUT2D eigenvalue weighted by Crippen LogP contribution is -2.43. The third kappa shape index (κ3) is 4.19. The lowest BCUT2D eigenvalue weighted by atomic mass is 9.89. The van der Waals surface area contributed by atoms with E-state index in [0.29, 0.717) is 19.2 Å². The van der Waals surface area contributed by atoms with Gasteiger partial charge in [0, 0.05) is 24.1 Å². The molecule has 0 radical (unpaired) electrons. The van der Waals surface area contributed by atoms with Gasteiger partial charge in [-0.05, 0) is 76.9 Å². The minimum Gasteiger partial charge on any atom is -0.379 e. The first kappa shape index (κ1) is 20.0. The predicted octanol–water partition coefficient (Wildman–Crippen LogP) is 3.86. The van der Waals surface area contributed by atoms with E-state index in [1.54, 1.807) is 22.2 Å². The Morgan fingerprint density at radius 1 is 1.29 bits per heavy atom. The second kappa shape index (κ2) is 8.64. The van der Waals surface area contributed by atoms with Crippen molar-refractivity contribution in [2.75, 3.05) is 19.7 Å². The van der Waals surface area contributed by atoms with Gasteiger partial charge in [-0.2, -0.15) is 0 Å². The van der Waals surface area contributed by atoms with Gasteiger partial charge in [0.05, 0.1) is 17.8 Å². The first-order valence-corrected chi connectivity index (χ1v) is 11.7. The van der Waals surface area contributed by atoms with E-state index in [4.69, 9.17) is 4.74 Å². The SMILES string of the molecule is CC1CCN(C2CCc3c(sc4ncn(CCCOC(C)C)c(=O)c34)C2)CC1. The fourth-order valence-electron chi connectivity index (χ4n) is 4.60. The van der Waals surface area contributed by atoms with Gasteiger partial charge in [0.25, 0.3) is 5.56 Å². The Balaban J connectivity index is 1.50. The van der Waals surface area contributed by atoms with Gasteiger partial charge in [-0.3, -0.25) is 14.3 Å². The molecule has 0 amide bonds. The zero-order chi connectivity index (χ0) is 19.7. The summed E-state index contributed by atoms with van der Waals surface area (Å²) in [6.07, 6.45) is 8.72. The van der Waals surface area contributed by atoms with Crippen LogP contribution in [-0.4, -0.2) is 46.3 Å². The average Bonchev–Trinajstić information content (AvgIpc) is 3.05. The molecule has 5 nitrogen and oxygen atoms in total. The zero-order valence-corrected chi connectivity index (χ0v) is 18.3. The monoisotopic (exact) mass is 403 g/mol. The minimum absolute atomic E-state index is 0.136. The fourth-order valence-corrected chi connectivity index (χ4v) is 5.85. The summed E-state index contributed by atoms with van der Waals surface area (Å²) in [5.41, 5.74) is 1.42. The predicted molar refractivity (Wildman–Crippen MR) is 115 cm³/mol. The molecule has 6 heteroatoms. The molecule has 1 unspecified atom stereocenters. The summed E-state index contributed by atoms with van der Waals surface area (Å²) in [6, 6.07) is 0.642. The maximum atomic E-state index is 13.1. The number of hydrogen-bond acceptors (Lipinski definition) is 5. The van der Waals surface area contributed by atoms with Crippen molar-refractivity contribution in [1.82, 2.24) is 14.5 Å². The summed E-state index contributed by atoms with van der Waals surface area (Å²) >= 11 is 1.75. The second-order valence-electron chi connectivity index (χ2n) is 8.82. The molecule has 3 heterocycles. The van der Waals surface area contributed by atoms with Crippen LogP contribution in [0.3, 0.4) is 0 Å². The quantitative estimate of drug-likeness (QED) is 0.687. The molecular formula is C22H33N3O2S. The number of thiophene rings is 1. The highest BCUT2D eigenvalue weighted by atomic mass is 32.1. The van der Waals surface area contributed by atoms with Crippen molar-refractivity contribution in [3.63, 3.8) is 0 Å². The van der Waals surface area contributed by atoms with Gasteiger partial charge in [-0.1, -0.05) is 6.92 Å². The van der Waals surface area contributed by atoms with Crippen LogP contribution in [0.1, 0.15) is 56.9 Å². The molecule has 1 aliphatic carbocycles. The van der Waals surface area contributed by atoms with Crippen molar-refractivity contribution in [2.24, 2.45) is 5.92 Å². The summed E-state index contributed by atoms with van der Waals surface area (Å²) in [7, 11) is 0. The zero-order valence-electron chi connectivity index (χ0n) is 17.4. The Labute approximate surface area is 171 Å².